The Kier molecular flexibility index (Phi) is 5.60. The molecule has 5 nitrogen and oxygen atoms in total. The molecule has 2 aromatic carbocycles. The minimum Gasteiger partial charge on any atom is -0.382 e. The summed E-state index contributed by atoms with van der Waals surface area (Å²) in [6, 6.07) is 17.3. The van der Waals surface area contributed by atoms with Crippen LogP contribution >= 0.6 is 0 Å². The lowest BCUT2D eigenvalue weighted by Gasteiger charge is -2.15. The number of unbranched alkanes of at least 4 members (excludes halogenated alkanes) is 1. The van der Waals surface area contributed by atoms with Gasteiger partial charge < -0.3 is 10.3 Å². The van der Waals surface area contributed by atoms with Gasteiger partial charge in [0.15, 0.2) is 5.82 Å². The molecule has 5 rings (SSSR count). The number of anilines is 1. The average Bonchev–Trinajstić information content (AvgIpc) is 3.42. The van der Waals surface area contributed by atoms with Gasteiger partial charge in [0, 0.05) is 24.9 Å². The van der Waals surface area contributed by atoms with Gasteiger partial charge in [-0.3, -0.25) is 4.90 Å². The zero-order chi connectivity index (χ0) is 21.2. The van der Waals surface area contributed by atoms with E-state index in [4.69, 9.17) is 10.7 Å². The van der Waals surface area contributed by atoms with Gasteiger partial charge in [-0.15, -0.1) is 0 Å². The number of hydrogen-bond acceptors (Lipinski definition) is 4. The van der Waals surface area contributed by atoms with Crippen LogP contribution in [-0.4, -0.2) is 32.5 Å². The Bertz CT molecular complexity index is 1190. The van der Waals surface area contributed by atoms with Crippen molar-refractivity contribution in [1.29, 1.82) is 0 Å². The van der Waals surface area contributed by atoms with Crippen LogP contribution in [0.15, 0.2) is 48.5 Å². The molecule has 0 amide bonds. The highest BCUT2D eigenvalue weighted by atomic mass is 15.1. The molecule has 1 saturated heterocycles. The molecule has 4 aromatic rings. The van der Waals surface area contributed by atoms with Gasteiger partial charge in [0.05, 0.1) is 11.0 Å². The molecule has 0 radical (unpaired) electrons. The van der Waals surface area contributed by atoms with Crippen molar-refractivity contribution in [3.8, 4) is 0 Å². The van der Waals surface area contributed by atoms with Gasteiger partial charge in [0.25, 0.3) is 0 Å². The summed E-state index contributed by atoms with van der Waals surface area (Å²) in [5.74, 6) is 1.62. The van der Waals surface area contributed by atoms with E-state index in [-0.39, 0.29) is 0 Å². The summed E-state index contributed by atoms with van der Waals surface area (Å²) in [6.07, 6.45) is 5.87. The van der Waals surface area contributed by atoms with E-state index < -0.39 is 0 Å². The summed E-state index contributed by atoms with van der Waals surface area (Å²) in [5, 5.41) is 1.12. The quantitative estimate of drug-likeness (QED) is 0.455. The van der Waals surface area contributed by atoms with Crippen LogP contribution in [0.1, 0.15) is 49.6 Å². The molecule has 0 bridgehead atoms. The summed E-state index contributed by atoms with van der Waals surface area (Å²) >= 11 is 0. The lowest BCUT2D eigenvalue weighted by Crippen LogP contribution is -2.18. The van der Waals surface area contributed by atoms with E-state index in [1.165, 1.54) is 37.1 Å². The van der Waals surface area contributed by atoms with Gasteiger partial charge in [0.1, 0.15) is 11.3 Å². The number of imidazole rings is 1. The van der Waals surface area contributed by atoms with Gasteiger partial charge in [-0.25, -0.2) is 9.97 Å². The number of nitrogens with two attached hydrogens (primary N) is 1. The fourth-order valence-corrected chi connectivity index (χ4v) is 4.73. The molecule has 0 unspecified atom stereocenters. The first kappa shape index (κ1) is 20.0. The standard InChI is InChI=1S/C26H31N5/c1-2-3-10-23-29-24-25(21-8-4-5-9-22(21)28-26(24)27)31(23)18-20-13-11-19(12-14-20)17-30-15-6-7-16-30/h4-5,8-9,11-14H,2-3,6-7,10,15-18H2,1H3,(H2,27,28). The van der Waals surface area contributed by atoms with Crippen LogP contribution in [0.5, 0.6) is 0 Å². The minimum absolute atomic E-state index is 0.520. The molecule has 160 valence electrons. The van der Waals surface area contributed by atoms with Crippen LogP contribution in [0.2, 0.25) is 0 Å². The summed E-state index contributed by atoms with van der Waals surface area (Å²) in [7, 11) is 0. The summed E-state index contributed by atoms with van der Waals surface area (Å²) < 4.78 is 2.36. The van der Waals surface area contributed by atoms with Crippen molar-refractivity contribution in [3.63, 3.8) is 0 Å². The average molecular weight is 414 g/mol. The Morgan fingerprint density at radius 3 is 2.35 bits per heavy atom. The Morgan fingerprint density at radius 1 is 0.903 bits per heavy atom. The molecular formula is C26H31N5. The molecule has 0 aliphatic carbocycles. The molecule has 2 N–H and O–H groups in total. The van der Waals surface area contributed by atoms with Crippen molar-refractivity contribution in [2.45, 2.75) is 52.1 Å². The monoisotopic (exact) mass is 413 g/mol. The fraction of sp³-hybridized carbons (Fsp3) is 0.385. The zero-order valence-corrected chi connectivity index (χ0v) is 18.3. The van der Waals surface area contributed by atoms with Crippen LogP contribution in [-0.2, 0) is 19.5 Å². The second-order valence-corrected chi connectivity index (χ2v) is 8.73. The highest BCUT2D eigenvalue weighted by Crippen LogP contribution is 2.30. The van der Waals surface area contributed by atoms with Gasteiger partial charge in [-0.1, -0.05) is 55.8 Å². The summed E-state index contributed by atoms with van der Waals surface area (Å²) in [6.45, 7) is 6.53. The number of benzene rings is 2. The number of aryl methyl sites for hydroxylation is 1. The van der Waals surface area contributed by atoms with Crippen LogP contribution in [0.4, 0.5) is 5.82 Å². The third-order valence-corrected chi connectivity index (χ3v) is 6.41. The molecule has 1 aliphatic heterocycles. The molecular weight excluding hydrogens is 382 g/mol. The third kappa shape index (κ3) is 4.02. The van der Waals surface area contributed by atoms with Crippen LogP contribution in [0.3, 0.4) is 0 Å². The Labute approximate surface area is 183 Å². The van der Waals surface area contributed by atoms with E-state index in [1.807, 2.05) is 12.1 Å². The van der Waals surface area contributed by atoms with Crippen molar-refractivity contribution in [1.82, 2.24) is 19.4 Å². The molecule has 31 heavy (non-hydrogen) atoms. The van der Waals surface area contributed by atoms with Gasteiger partial charge in [0.2, 0.25) is 0 Å². The van der Waals surface area contributed by atoms with E-state index in [9.17, 15) is 0 Å². The predicted octanol–water partition coefficient (Wildman–Crippen LogP) is 5.15. The molecule has 0 atom stereocenters. The number of likely N-dealkylation sites (tertiary alicyclic amines) is 1. The van der Waals surface area contributed by atoms with E-state index in [2.05, 4.69) is 57.8 Å². The van der Waals surface area contributed by atoms with Crippen molar-refractivity contribution < 1.29 is 0 Å². The molecule has 1 fully saturated rings. The molecule has 5 heteroatoms. The van der Waals surface area contributed by atoms with E-state index in [0.717, 1.165) is 60.1 Å². The van der Waals surface area contributed by atoms with Gasteiger partial charge in [-0.05, 0) is 49.5 Å². The van der Waals surface area contributed by atoms with Crippen LogP contribution < -0.4 is 5.73 Å². The van der Waals surface area contributed by atoms with Crippen molar-refractivity contribution in [3.05, 3.63) is 65.5 Å². The number of hydrogen-bond donors (Lipinski definition) is 1. The largest absolute Gasteiger partial charge is 0.382 e. The second-order valence-electron chi connectivity index (χ2n) is 8.73. The van der Waals surface area contributed by atoms with E-state index >= 15 is 0 Å². The maximum atomic E-state index is 6.33. The number of aromatic nitrogens is 3. The lowest BCUT2D eigenvalue weighted by atomic mass is 10.1. The van der Waals surface area contributed by atoms with Crippen LogP contribution in [0, 0.1) is 0 Å². The molecule has 1 aliphatic rings. The molecule has 0 saturated carbocycles. The van der Waals surface area contributed by atoms with Crippen molar-refractivity contribution in [2.24, 2.45) is 0 Å². The normalized spacial score (nSPS) is 14.7. The zero-order valence-electron chi connectivity index (χ0n) is 18.3. The fourth-order valence-electron chi connectivity index (χ4n) is 4.73. The first-order valence-corrected chi connectivity index (χ1v) is 11.6. The van der Waals surface area contributed by atoms with Gasteiger partial charge >= 0.3 is 0 Å². The maximum Gasteiger partial charge on any atom is 0.152 e. The van der Waals surface area contributed by atoms with E-state index in [1.54, 1.807) is 0 Å². The number of fused-ring (bicyclic) bond motifs is 3. The lowest BCUT2D eigenvalue weighted by molar-refractivity contribution is 0.331. The van der Waals surface area contributed by atoms with Crippen molar-refractivity contribution >= 4 is 27.8 Å². The number of pyridine rings is 1. The first-order valence-electron chi connectivity index (χ1n) is 11.6. The van der Waals surface area contributed by atoms with Crippen molar-refractivity contribution in [2.75, 3.05) is 18.8 Å². The second kappa shape index (κ2) is 8.67. The summed E-state index contributed by atoms with van der Waals surface area (Å²) in [5.41, 5.74) is 11.9. The smallest absolute Gasteiger partial charge is 0.152 e. The Balaban J connectivity index is 1.53. The number of nitrogens with zero attached hydrogens (tertiary/aromatic N) is 4. The van der Waals surface area contributed by atoms with E-state index in [0.29, 0.717) is 5.82 Å². The maximum absolute atomic E-state index is 6.33. The Hall–Kier alpha value is -2.92. The van der Waals surface area contributed by atoms with Crippen LogP contribution in [0.25, 0.3) is 21.9 Å². The SMILES string of the molecule is CCCCc1nc2c(N)nc3ccccc3c2n1Cc1ccc(CN2CCCC2)cc1. The summed E-state index contributed by atoms with van der Waals surface area (Å²) in [4.78, 5) is 12.1. The predicted molar refractivity (Wildman–Crippen MR) is 128 cm³/mol. The molecule has 3 heterocycles. The first-order chi connectivity index (χ1) is 15.2. The highest BCUT2D eigenvalue weighted by Gasteiger charge is 2.17. The number of rotatable bonds is 7. The molecule has 0 spiro atoms. The van der Waals surface area contributed by atoms with Gasteiger partial charge in [-0.2, -0.15) is 0 Å². The minimum atomic E-state index is 0.520. The Morgan fingerprint density at radius 2 is 1.61 bits per heavy atom. The number of para-hydroxylation sites is 1. The third-order valence-electron chi connectivity index (χ3n) is 6.41. The highest BCUT2D eigenvalue weighted by molar-refractivity contribution is 6.06. The topological polar surface area (TPSA) is 60.0 Å². The number of nitrogen functional groups attached to an aromatic ring is 1. The molecule has 2 aromatic heterocycles.